The summed E-state index contributed by atoms with van der Waals surface area (Å²) in [5, 5.41) is 8.66. The van der Waals surface area contributed by atoms with Crippen molar-refractivity contribution in [3.05, 3.63) is 53.9 Å². The highest BCUT2D eigenvalue weighted by atomic mass is 19.1. The second-order valence-corrected chi connectivity index (χ2v) is 3.76. The Balaban J connectivity index is 2.46. The number of hydrogen-bond donors (Lipinski definition) is 1. The molecule has 0 aliphatic rings. The van der Waals surface area contributed by atoms with Gasteiger partial charge in [0.25, 0.3) is 0 Å². The first-order chi connectivity index (χ1) is 8.56. The molecule has 1 heterocycles. The first-order valence-electron chi connectivity index (χ1n) is 5.18. The second kappa shape index (κ2) is 4.91. The SMILES string of the molecule is O=C(O)Cc1cnc(F)c(-c2cccc(F)c2)c1. The Morgan fingerprint density at radius 3 is 2.72 bits per heavy atom. The topological polar surface area (TPSA) is 50.2 Å². The number of pyridine rings is 1. The normalized spacial score (nSPS) is 10.3. The molecule has 0 aliphatic heterocycles. The van der Waals surface area contributed by atoms with Gasteiger partial charge in [0.2, 0.25) is 5.95 Å². The van der Waals surface area contributed by atoms with Gasteiger partial charge in [-0.25, -0.2) is 9.37 Å². The van der Waals surface area contributed by atoms with Crippen LogP contribution in [0.2, 0.25) is 0 Å². The van der Waals surface area contributed by atoms with Gasteiger partial charge in [-0.05, 0) is 29.3 Å². The minimum atomic E-state index is -1.03. The highest BCUT2D eigenvalue weighted by Gasteiger charge is 2.10. The lowest BCUT2D eigenvalue weighted by Crippen LogP contribution is -2.02. The largest absolute Gasteiger partial charge is 0.481 e. The standard InChI is InChI=1S/C13H9F2NO2/c14-10-3-1-2-9(6-10)11-4-8(5-12(17)18)7-16-13(11)15/h1-4,6-7H,5H2,(H,17,18). The smallest absolute Gasteiger partial charge is 0.307 e. The molecule has 0 spiro atoms. The summed E-state index contributed by atoms with van der Waals surface area (Å²) in [7, 11) is 0. The van der Waals surface area contributed by atoms with E-state index >= 15 is 0 Å². The van der Waals surface area contributed by atoms with Crippen LogP contribution >= 0.6 is 0 Å². The van der Waals surface area contributed by atoms with Gasteiger partial charge in [-0.3, -0.25) is 4.79 Å². The number of benzene rings is 1. The number of hydrogen-bond acceptors (Lipinski definition) is 2. The van der Waals surface area contributed by atoms with Gasteiger partial charge in [-0.2, -0.15) is 4.39 Å². The minimum absolute atomic E-state index is 0.0910. The molecule has 1 aromatic carbocycles. The Labute approximate surface area is 102 Å². The summed E-state index contributed by atoms with van der Waals surface area (Å²) in [6.07, 6.45) is 0.905. The number of aliphatic carboxylic acids is 1. The lowest BCUT2D eigenvalue weighted by Gasteiger charge is -2.05. The van der Waals surface area contributed by atoms with Crippen molar-refractivity contribution in [2.24, 2.45) is 0 Å². The lowest BCUT2D eigenvalue weighted by molar-refractivity contribution is -0.136. The number of carboxylic acid groups (broad SMARTS) is 1. The van der Waals surface area contributed by atoms with Gasteiger partial charge in [0.15, 0.2) is 0 Å². The second-order valence-electron chi connectivity index (χ2n) is 3.76. The van der Waals surface area contributed by atoms with E-state index in [1.807, 2.05) is 0 Å². The zero-order valence-corrected chi connectivity index (χ0v) is 9.23. The van der Waals surface area contributed by atoms with E-state index in [2.05, 4.69) is 4.98 Å². The maximum Gasteiger partial charge on any atom is 0.307 e. The Morgan fingerprint density at radius 1 is 1.28 bits per heavy atom. The van der Waals surface area contributed by atoms with Crippen LogP contribution in [0.3, 0.4) is 0 Å². The summed E-state index contributed by atoms with van der Waals surface area (Å²) in [6.45, 7) is 0. The third-order valence-corrected chi connectivity index (χ3v) is 2.39. The molecule has 1 N–H and O–H groups in total. The molecular weight excluding hydrogens is 240 g/mol. The highest BCUT2D eigenvalue weighted by Crippen LogP contribution is 2.23. The average molecular weight is 249 g/mol. The van der Waals surface area contributed by atoms with Crippen LogP contribution in [0.15, 0.2) is 36.5 Å². The Morgan fingerprint density at radius 2 is 2.06 bits per heavy atom. The quantitative estimate of drug-likeness (QED) is 0.851. The van der Waals surface area contributed by atoms with Crippen molar-refractivity contribution >= 4 is 5.97 Å². The van der Waals surface area contributed by atoms with E-state index in [9.17, 15) is 13.6 Å². The van der Waals surface area contributed by atoms with Crippen molar-refractivity contribution in [1.29, 1.82) is 0 Å². The fourth-order valence-corrected chi connectivity index (χ4v) is 1.62. The van der Waals surface area contributed by atoms with Crippen molar-refractivity contribution < 1.29 is 18.7 Å². The number of aromatic nitrogens is 1. The van der Waals surface area contributed by atoms with Gasteiger partial charge in [0.1, 0.15) is 5.82 Å². The number of carboxylic acids is 1. The summed E-state index contributed by atoms with van der Waals surface area (Å²) in [5.74, 6) is -2.28. The van der Waals surface area contributed by atoms with Crippen LogP contribution in [0.4, 0.5) is 8.78 Å². The molecule has 0 aliphatic carbocycles. The summed E-state index contributed by atoms with van der Waals surface area (Å²) in [4.78, 5) is 14.1. The zero-order chi connectivity index (χ0) is 13.1. The maximum absolute atomic E-state index is 13.5. The average Bonchev–Trinajstić information content (AvgIpc) is 2.31. The number of rotatable bonds is 3. The third-order valence-electron chi connectivity index (χ3n) is 2.39. The summed E-state index contributed by atoms with van der Waals surface area (Å²) in [5.41, 5.74) is 0.781. The van der Waals surface area contributed by atoms with E-state index in [4.69, 9.17) is 5.11 Å². The van der Waals surface area contributed by atoms with Crippen LogP contribution in [0.5, 0.6) is 0 Å². The molecule has 18 heavy (non-hydrogen) atoms. The first kappa shape index (κ1) is 12.2. The third kappa shape index (κ3) is 2.68. The van der Waals surface area contributed by atoms with Gasteiger partial charge >= 0.3 is 5.97 Å². The predicted octanol–water partition coefficient (Wildman–Crippen LogP) is 2.65. The van der Waals surface area contributed by atoms with E-state index in [0.29, 0.717) is 11.1 Å². The molecule has 2 aromatic rings. The molecule has 0 bridgehead atoms. The molecule has 2 rings (SSSR count). The van der Waals surface area contributed by atoms with Crippen LogP contribution in [0.1, 0.15) is 5.56 Å². The van der Waals surface area contributed by atoms with Gasteiger partial charge in [0.05, 0.1) is 6.42 Å². The van der Waals surface area contributed by atoms with Crippen LogP contribution in [0.25, 0.3) is 11.1 Å². The fraction of sp³-hybridized carbons (Fsp3) is 0.0769. The molecular formula is C13H9F2NO2. The Kier molecular flexibility index (Phi) is 3.32. The molecule has 0 atom stereocenters. The van der Waals surface area contributed by atoms with Crippen molar-refractivity contribution in [1.82, 2.24) is 4.98 Å². The molecule has 0 saturated carbocycles. The van der Waals surface area contributed by atoms with E-state index in [-0.39, 0.29) is 12.0 Å². The molecule has 0 unspecified atom stereocenters. The van der Waals surface area contributed by atoms with Crippen LogP contribution < -0.4 is 0 Å². The van der Waals surface area contributed by atoms with E-state index in [0.717, 1.165) is 6.20 Å². The number of halogens is 2. The van der Waals surface area contributed by atoms with Crippen molar-refractivity contribution in [2.45, 2.75) is 6.42 Å². The molecule has 0 saturated heterocycles. The molecule has 0 fully saturated rings. The van der Waals surface area contributed by atoms with Crippen molar-refractivity contribution in [3.8, 4) is 11.1 Å². The van der Waals surface area contributed by atoms with Crippen molar-refractivity contribution in [2.75, 3.05) is 0 Å². The number of carbonyl (C=O) groups is 1. The van der Waals surface area contributed by atoms with Crippen LogP contribution in [-0.4, -0.2) is 16.1 Å². The molecule has 1 aromatic heterocycles. The summed E-state index contributed by atoms with van der Waals surface area (Å²) < 4.78 is 26.6. The van der Waals surface area contributed by atoms with Gasteiger partial charge in [0, 0.05) is 11.8 Å². The van der Waals surface area contributed by atoms with E-state index in [1.165, 1.54) is 30.3 Å². The van der Waals surface area contributed by atoms with Crippen molar-refractivity contribution in [3.63, 3.8) is 0 Å². The molecule has 0 radical (unpaired) electrons. The Hall–Kier alpha value is -2.30. The summed E-state index contributed by atoms with van der Waals surface area (Å²) in [6, 6.07) is 6.77. The minimum Gasteiger partial charge on any atom is -0.481 e. The zero-order valence-electron chi connectivity index (χ0n) is 9.23. The number of nitrogens with zero attached hydrogens (tertiary/aromatic N) is 1. The predicted molar refractivity (Wildman–Crippen MR) is 60.9 cm³/mol. The molecule has 0 amide bonds. The molecule has 5 heteroatoms. The summed E-state index contributed by atoms with van der Waals surface area (Å²) >= 11 is 0. The first-order valence-corrected chi connectivity index (χ1v) is 5.18. The molecule has 3 nitrogen and oxygen atoms in total. The molecule has 92 valence electrons. The van der Waals surface area contributed by atoms with Gasteiger partial charge in [-0.1, -0.05) is 12.1 Å². The lowest BCUT2D eigenvalue weighted by atomic mass is 10.0. The fourth-order valence-electron chi connectivity index (χ4n) is 1.62. The Bertz CT molecular complexity index is 599. The van der Waals surface area contributed by atoms with Gasteiger partial charge < -0.3 is 5.11 Å². The monoisotopic (exact) mass is 249 g/mol. The van der Waals surface area contributed by atoms with Crippen LogP contribution in [-0.2, 0) is 11.2 Å². The van der Waals surface area contributed by atoms with E-state index in [1.54, 1.807) is 0 Å². The van der Waals surface area contributed by atoms with Crippen LogP contribution in [0, 0.1) is 11.8 Å². The van der Waals surface area contributed by atoms with E-state index < -0.39 is 17.7 Å². The van der Waals surface area contributed by atoms with Gasteiger partial charge in [-0.15, -0.1) is 0 Å². The maximum atomic E-state index is 13.5. The highest BCUT2D eigenvalue weighted by molar-refractivity contribution is 5.71.